The summed E-state index contributed by atoms with van der Waals surface area (Å²) < 4.78 is 28.1. The van der Waals surface area contributed by atoms with E-state index in [0.717, 1.165) is 6.26 Å². The lowest BCUT2D eigenvalue weighted by Gasteiger charge is -2.06. The fourth-order valence-electron chi connectivity index (χ4n) is 0.986. The van der Waals surface area contributed by atoms with Crippen molar-refractivity contribution in [3.8, 4) is 0 Å². The minimum atomic E-state index is -3.26. The van der Waals surface area contributed by atoms with Crippen LogP contribution in [-0.4, -0.2) is 64.0 Å². The van der Waals surface area contributed by atoms with Crippen molar-refractivity contribution in [2.75, 3.05) is 32.6 Å². The molecule has 3 amide bonds. The maximum absolute atomic E-state index is 11.2. The summed E-state index contributed by atoms with van der Waals surface area (Å²) in [5.41, 5.74) is 0. The molecule has 0 atom stereocenters. The number of hydrogen-bond acceptors (Lipinski definition) is 6. The summed E-state index contributed by atoms with van der Waals surface area (Å²) in [6, 6.07) is -0.770. The van der Waals surface area contributed by atoms with Crippen LogP contribution in [0.4, 0.5) is 4.79 Å². The highest BCUT2D eigenvalue weighted by Gasteiger charge is 2.08. The van der Waals surface area contributed by atoms with Crippen molar-refractivity contribution in [3.63, 3.8) is 0 Å². The van der Waals surface area contributed by atoms with Crippen LogP contribution in [0.25, 0.3) is 0 Å². The predicted molar refractivity (Wildman–Crippen MR) is 67.5 cm³/mol. The maximum Gasteiger partial charge on any atom is 0.329 e. The van der Waals surface area contributed by atoms with E-state index in [-0.39, 0.29) is 13.1 Å². The first-order valence-electron chi connectivity index (χ1n) is 5.52. The van der Waals surface area contributed by atoms with Gasteiger partial charge in [-0.05, 0) is 6.42 Å². The Balaban J connectivity index is 3.62. The molecule has 0 rings (SSSR count). The molecule has 0 aromatic carbocycles. The molecule has 0 aliphatic carbocycles. The van der Waals surface area contributed by atoms with E-state index >= 15 is 0 Å². The molecule has 4 N–H and O–H groups in total. The third-order valence-electron chi connectivity index (χ3n) is 1.72. The van der Waals surface area contributed by atoms with Crippen LogP contribution in [-0.2, 0) is 24.3 Å². The number of hydrogen-bond donors (Lipinski definition) is 4. The second kappa shape index (κ2) is 9.23. The van der Waals surface area contributed by atoms with Crippen LogP contribution in [0.15, 0.2) is 0 Å². The normalized spacial score (nSPS) is 10.8. The van der Waals surface area contributed by atoms with E-state index in [2.05, 4.69) is 14.8 Å². The average Bonchev–Trinajstić information content (AvgIpc) is 2.26. The van der Waals surface area contributed by atoms with Gasteiger partial charge in [0.25, 0.3) is 5.91 Å². The van der Waals surface area contributed by atoms with Gasteiger partial charge in [-0.2, -0.15) is 0 Å². The van der Waals surface area contributed by atoms with E-state index in [9.17, 15) is 22.8 Å². The molecule has 10 nitrogen and oxygen atoms in total. The number of amides is 3. The van der Waals surface area contributed by atoms with Gasteiger partial charge >= 0.3 is 12.0 Å². The molecule has 0 bridgehead atoms. The first-order chi connectivity index (χ1) is 9.20. The molecule has 0 aromatic rings. The summed E-state index contributed by atoms with van der Waals surface area (Å²) in [6.45, 7) is -0.853. The van der Waals surface area contributed by atoms with Gasteiger partial charge in [-0.1, -0.05) is 0 Å². The Morgan fingerprint density at radius 1 is 1.15 bits per heavy atom. The van der Waals surface area contributed by atoms with Crippen LogP contribution in [0, 0.1) is 0 Å². The number of urea groups is 1. The van der Waals surface area contributed by atoms with Gasteiger partial charge in [-0.3, -0.25) is 10.1 Å². The van der Waals surface area contributed by atoms with E-state index in [0.29, 0.717) is 6.42 Å². The highest BCUT2D eigenvalue weighted by molar-refractivity contribution is 7.88. The Morgan fingerprint density at radius 2 is 1.80 bits per heavy atom. The molecule has 0 aliphatic rings. The van der Waals surface area contributed by atoms with Crippen molar-refractivity contribution in [3.05, 3.63) is 0 Å². The summed E-state index contributed by atoms with van der Waals surface area (Å²) in [4.78, 5) is 32.3. The third kappa shape index (κ3) is 12.7. The molecule has 0 saturated heterocycles. The van der Waals surface area contributed by atoms with Crippen molar-refractivity contribution in [1.29, 1.82) is 0 Å². The minimum Gasteiger partial charge on any atom is -0.480 e. The first kappa shape index (κ1) is 18.3. The van der Waals surface area contributed by atoms with Crippen molar-refractivity contribution >= 4 is 27.9 Å². The first-order valence-corrected chi connectivity index (χ1v) is 7.41. The quantitative estimate of drug-likeness (QED) is 0.354. The number of carboxylic acids is 1. The fourth-order valence-corrected chi connectivity index (χ4v) is 1.50. The SMILES string of the molecule is CS(=O)(=O)NCCCNC(=O)NC(=O)COCC(=O)O. The lowest BCUT2D eigenvalue weighted by Crippen LogP contribution is -2.42. The number of aliphatic carboxylic acids is 1. The Kier molecular flexibility index (Phi) is 8.43. The lowest BCUT2D eigenvalue weighted by molar-refractivity contribution is -0.143. The zero-order valence-corrected chi connectivity index (χ0v) is 11.7. The molecular weight excluding hydrogens is 294 g/mol. The van der Waals surface area contributed by atoms with Crippen molar-refractivity contribution < 1.29 is 32.6 Å². The van der Waals surface area contributed by atoms with Gasteiger partial charge in [-0.25, -0.2) is 22.7 Å². The van der Waals surface area contributed by atoms with Gasteiger partial charge in [0.05, 0.1) is 6.26 Å². The van der Waals surface area contributed by atoms with E-state index in [4.69, 9.17) is 5.11 Å². The Bertz CT molecular complexity index is 448. The van der Waals surface area contributed by atoms with Gasteiger partial charge < -0.3 is 15.2 Å². The highest BCUT2D eigenvalue weighted by Crippen LogP contribution is 1.80. The molecule has 0 aliphatic heterocycles. The van der Waals surface area contributed by atoms with Crippen LogP contribution < -0.4 is 15.4 Å². The number of rotatable bonds is 9. The van der Waals surface area contributed by atoms with Gasteiger partial charge in [-0.15, -0.1) is 0 Å². The van der Waals surface area contributed by atoms with Crippen molar-refractivity contribution in [1.82, 2.24) is 15.4 Å². The third-order valence-corrected chi connectivity index (χ3v) is 2.44. The summed E-state index contributed by atoms with van der Waals surface area (Å²) in [7, 11) is -3.26. The summed E-state index contributed by atoms with van der Waals surface area (Å²) in [5, 5.41) is 12.5. The summed E-state index contributed by atoms with van der Waals surface area (Å²) in [6.07, 6.45) is 1.37. The number of ether oxygens (including phenoxy) is 1. The average molecular weight is 311 g/mol. The number of carbonyl (C=O) groups excluding carboxylic acids is 2. The van der Waals surface area contributed by atoms with Gasteiger partial charge in [0.15, 0.2) is 0 Å². The van der Waals surface area contributed by atoms with Crippen LogP contribution in [0.3, 0.4) is 0 Å². The maximum atomic E-state index is 11.2. The fraction of sp³-hybridized carbons (Fsp3) is 0.667. The summed E-state index contributed by atoms with van der Waals surface area (Å²) >= 11 is 0. The number of sulfonamides is 1. The molecule has 116 valence electrons. The second-order valence-electron chi connectivity index (χ2n) is 3.71. The Morgan fingerprint density at radius 3 is 2.35 bits per heavy atom. The Labute approximate surface area is 115 Å². The number of nitrogens with one attached hydrogen (secondary N) is 3. The zero-order valence-electron chi connectivity index (χ0n) is 10.8. The molecule has 0 heterocycles. The highest BCUT2D eigenvalue weighted by atomic mass is 32.2. The van der Waals surface area contributed by atoms with Gasteiger partial charge in [0, 0.05) is 13.1 Å². The molecule has 0 unspecified atom stereocenters. The van der Waals surface area contributed by atoms with Crippen LogP contribution in [0.1, 0.15) is 6.42 Å². The van der Waals surface area contributed by atoms with E-state index < -0.39 is 41.1 Å². The molecular formula is C9H17N3O7S. The van der Waals surface area contributed by atoms with Crippen LogP contribution in [0.5, 0.6) is 0 Å². The topological polar surface area (TPSA) is 151 Å². The van der Waals surface area contributed by atoms with Gasteiger partial charge in [0.1, 0.15) is 13.2 Å². The Hall–Kier alpha value is -1.72. The zero-order chi connectivity index (χ0) is 15.6. The van der Waals surface area contributed by atoms with E-state index in [1.807, 2.05) is 5.32 Å². The van der Waals surface area contributed by atoms with E-state index in [1.165, 1.54) is 0 Å². The smallest absolute Gasteiger partial charge is 0.329 e. The molecule has 0 fully saturated rings. The monoisotopic (exact) mass is 311 g/mol. The molecule has 0 aromatic heterocycles. The van der Waals surface area contributed by atoms with Crippen LogP contribution >= 0.6 is 0 Å². The minimum absolute atomic E-state index is 0.161. The molecule has 0 radical (unpaired) electrons. The number of carbonyl (C=O) groups is 3. The van der Waals surface area contributed by atoms with Crippen molar-refractivity contribution in [2.45, 2.75) is 6.42 Å². The predicted octanol–water partition coefficient (Wildman–Crippen LogP) is -2.15. The standard InChI is InChI=1S/C9H17N3O7S/c1-20(17,18)11-4-2-3-10-9(16)12-7(13)5-19-6-8(14)15/h11H,2-6H2,1H3,(H,14,15)(H2,10,12,13,16). The number of carboxylic acid groups (broad SMARTS) is 1. The molecule has 0 spiro atoms. The van der Waals surface area contributed by atoms with Gasteiger partial charge in [0.2, 0.25) is 10.0 Å². The molecule has 20 heavy (non-hydrogen) atoms. The molecule has 0 saturated carbocycles. The lowest BCUT2D eigenvalue weighted by atomic mass is 10.4. The van der Waals surface area contributed by atoms with Crippen LogP contribution in [0.2, 0.25) is 0 Å². The summed E-state index contributed by atoms with van der Waals surface area (Å²) in [5.74, 6) is -2.00. The second-order valence-corrected chi connectivity index (χ2v) is 5.54. The van der Waals surface area contributed by atoms with Crippen molar-refractivity contribution in [2.24, 2.45) is 0 Å². The largest absolute Gasteiger partial charge is 0.480 e. The molecule has 11 heteroatoms. The number of imide groups is 1. The van der Waals surface area contributed by atoms with E-state index in [1.54, 1.807) is 0 Å².